The number of aliphatic hydroxyl groups is 1. The molecule has 2 nitrogen and oxygen atoms in total. The number of halogens is 1. The van der Waals surface area contributed by atoms with Crippen LogP contribution in [0.4, 0.5) is 0 Å². The van der Waals surface area contributed by atoms with Gasteiger partial charge >= 0.3 is 0 Å². The van der Waals surface area contributed by atoms with Gasteiger partial charge in [0.05, 0.1) is 6.10 Å². The van der Waals surface area contributed by atoms with Gasteiger partial charge in [0.2, 0.25) is 0 Å². The van der Waals surface area contributed by atoms with Crippen LogP contribution < -0.4 is 0 Å². The van der Waals surface area contributed by atoms with Crippen LogP contribution >= 0.6 is 15.9 Å². The molecule has 1 rings (SSSR count). The van der Waals surface area contributed by atoms with Crippen LogP contribution in [0.1, 0.15) is 25.0 Å². The van der Waals surface area contributed by atoms with Crippen LogP contribution in [0.3, 0.4) is 0 Å². The zero-order valence-electron chi connectivity index (χ0n) is 9.28. The van der Waals surface area contributed by atoms with Gasteiger partial charge in [-0.25, -0.2) is 0 Å². The van der Waals surface area contributed by atoms with Crippen LogP contribution in [0.2, 0.25) is 0 Å². The second-order valence-electron chi connectivity index (χ2n) is 3.83. The topological polar surface area (TPSA) is 23.5 Å². The third-order valence-electron chi connectivity index (χ3n) is 2.34. The van der Waals surface area contributed by atoms with Crippen molar-refractivity contribution in [2.24, 2.45) is 0 Å². The Labute approximate surface area is 100 Å². The Bertz CT molecular complexity index is 286. The molecule has 0 amide bonds. The number of nitrogens with zero attached hydrogens (tertiary/aromatic N) is 1. The molecular formula is C12H18BrNO. The van der Waals surface area contributed by atoms with Gasteiger partial charge in [-0.05, 0) is 37.7 Å². The van der Waals surface area contributed by atoms with Crippen LogP contribution in [-0.2, 0) is 0 Å². The minimum absolute atomic E-state index is 0.394. The van der Waals surface area contributed by atoms with Crippen molar-refractivity contribution < 1.29 is 5.11 Å². The van der Waals surface area contributed by atoms with Gasteiger partial charge in [-0.3, -0.25) is 0 Å². The Hall–Kier alpha value is -0.380. The van der Waals surface area contributed by atoms with E-state index in [1.807, 2.05) is 31.3 Å². The summed E-state index contributed by atoms with van der Waals surface area (Å²) in [7, 11) is 2.03. The Balaban J connectivity index is 2.53. The molecule has 1 unspecified atom stereocenters. The normalized spacial score (nSPS) is 13.1. The van der Waals surface area contributed by atoms with E-state index >= 15 is 0 Å². The highest BCUT2D eigenvalue weighted by molar-refractivity contribution is 9.10. The third kappa shape index (κ3) is 4.33. The Kier molecular flexibility index (Phi) is 5.29. The fourth-order valence-corrected chi connectivity index (χ4v) is 1.82. The Morgan fingerprint density at radius 3 is 2.47 bits per heavy atom. The first-order chi connectivity index (χ1) is 7.13. The van der Waals surface area contributed by atoms with Crippen LogP contribution in [0.15, 0.2) is 28.7 Å². The van der Waals surface area contributed by atoms with Crippen LogP contribution in [-0.4, -0.2) is 30.1 Å². The molecule has 84 valence electrons. The average Bonchev–Trinajstić information content (AvgIpc) is 2.18. The van der Waals surface area contributed by atoms with E-state index < -0.39 is 6.10 Å². The van der Waals surface area contributed by atoms with E-state index in [2.05, 4.69) is 27.8 Å². The SMILES string of the molecule is CCCN(C)CC(O)c1ccc(Br)cc1. The van der Waals surface area contributed by atoms with E-state index in [1.54, 1.807) is 0 Å². The molecule has 0 aromatic heterocycles. The Morgan fingerprint density at radius 2 is 1.93 bits per heavy atom. The molecule has 1 N–H and O–H groups in total. The van der Waals surface area contributed by atoms with Crippen molar-refractivity contribution in [2.45, 2.75) is 19.4 Å². The molecule has 0 heterocycles. The molecule has 15 heavy (non-hydrogen) atoms. The molecule has 0 aliphatic carbocycles. The molecule has 0 aliphatic heterocycles. The maximum atomic E-state index is 9.95. The molecule has 0 bridgehead atoms. The predicted octanol–water partition coefficient (Wildman–Crippen LogP) is 2.82. The van der Waals surface area contributed by atoms with Crippen LogP contribution in [0, 0.1) is 0 Å². The number of hydrogen-bond donors (Lipinski definition) is 1. The summed E-state index contributed by atoms with van der Waals surface area (Å²) >= 11 is 3.38. The molecule has 0 saturated heterocycles. The number of benzene rings is 1. The standard InChI is InChI=1S/C12H18BrNO/c1-3-8-14(2)9-12(15)10-4-6-11(13)7-5-10/h4-7,12,15H,3,8-9H2,1-2H3. The minimum atomic E-state index is -0.394. The average molecular weight is 272 g/mol. The van der Waals surface area contributed by atoms with Gasteiger partial charge < -0.3 is 10.0 Å². The van der Waals surface area contributed by atoms with Crippen LogP contribution in [0.25, 0.3) is 0 Å². The Morgan fingerprint density at radius 1 is 1.33 bits per heavy atom. The van der Waals surface area contributed by atoms with Crippen molar-refractivity contribution in [2.75, 3.05) is 20.1 Å². The molecule has 1 aromatic carbocycles. The molecule has 0 spiro atoms. The molecule has 3 heteroatoms. The van der Waals surface area contributed by atoms with Crippen molar-refractivity contribution in [3.8, 4) is 0 Å². The van der Waals surface area contributed by atoms with E-state index in [0.29, 0.717) is 6.54 Å². The molecule has 1 atom stereocenters. The lowest BCUT2D eigenvalue weighted by Gasteiger charge is -2.20. The monoisotopic (exact) mass is 271 g/mol. The molecule has 0 radical (unpaired) electrons. The van der Waals surface area contributed by atoms with Crippen molar-refractivity contribution in [1.29, 1.82) is 0 Å². The maximum absolute atomic E-state index is 9.95. The van der Waals surface area contributed by atoms with E-state index in [1.165, 1.54) is 0 Å². The van der Waals surface area contributed by atoms with Crippen molar-refractivity contribution in [1.82, 2.24) is 4.90 Å². The first-order valence-corrected chi connectivity index (χ1v) is 6.05. The number of likely N-dealkylation sites (N-methyl/N-ethyl adjacent to an activating group) is 1. The summed E-state index contributed by atoms with van der Waals surface area (Å²) in [4.78, 5) is 2.15. The van der Waals surface area contributed by atoms with Gasteiger partial charge in [0.15, 0.2) is 0 Å². The zero-order chi connectivity index (χ0) is 11.3. The highest BCUT2D eigenvalue weighted by Gasteiger charge is 2.09. The molecule has 1 aromatic rings. The summed E-state index contributed by atoms with van der Waals surface area (Å²) in [5.74, 6) is 0. The summed E-state index contributed by atoms with van der Waals surface area (Å²) in [5.41, 5.74) is 0.973. The molecular weight excluding hydrogens is 254 g/mol. The fourth-order valence-electron chi connectivity index (χ4n) is 1.56. The van der Waals surface area contributed by atoms with Gasteiger partial charge in [0.25, 0.3) is 0 Å². The fraction of sp³-hybridized carbons (Fsp3) is 0.500. The minimum Gasteiger partial charge on any atom is -0.387 e. The second-order valence-corrected chi connectivity index (χ2v) is 4.75. The molecule has 0 aliphatic rings. The number of rotatable bonds is 5. The second kappa shape index (κ2) is 6.26. The number of aliphatic hydroxyl groups excluding tert-OH is 1. The smallest absolute Gasteiger partial charge is 0.0916 e. The summed E-state index contributed by atoms with van der Waals surface area (Å²) in [6.45, 7) is 3.85. The highest BCUT2D eigenvalue weighted by Crippen LogP contribution is 2.17. The number of hydrogen-bond acceptors (Lipinski definition) is 2. The quantitative estimate of drug-likeness (QED) is 0.891. The van der Waals surface area contributed by atoms with Gasteiger partial charge in [-0.1, -0.05) is 35.0 Å². The highest BCUT2D eigenvalue weighted by atomic mass is 79.9. The van der Waals surface area contributed by atoms with E-state index in [-0.39, 0.29) is 0 Å². The third-order valence-corrected chi connectivity index (χ3v) is 2.87. The van der Waals surface area contributed by atoms with Gasteiger partial charge in [0, 0.05) is 11.0 Å². The molecule has 0 saturated carbocycles. The summed E-state index contributed by atoms with van der Waals surface area (Å²) < 4.78 is 1.04. The zero-order valence-corrected chi connectivity index (χ0v) is 10.9. The first-order valence-electron chi connectivity index (χ1n) is 5.25. The largest absolute Gasteiger partial charge is 0.387 e. The molecule has 0 fully saturated rings. The first kappa shape index (κ1) is 12.7. The lowest BCUT2D eigenvalue weighted by atomic mass is 10.1. The van der Waals surface area contributed by atoms with Crippen LogP contribution in [0.5, 0.6) is 0 Å². The van der Waals surface area contributed by atoms with Gasteiger partial charge in [0.1, 0.15) is 0 Å². The lowest BCUT2D eigenvalue weighted by Crippen LogP contribution is -2.25. The van der Waals surface area contributed by atoms with Crippen molar-refractivity contribution in [3.05, 3.63) is 34.3 Å². The lowest BCUT2D eigenvalue weighted by molar-refractivity contribution is 0.127. The predicted molar refractivity (Wildman–Crippen MR) is 66.9 cm³/mol. The van der Waals surface area contributed by atoms with E-state index in [9.17, 15) is 5.11 Å². The van der Waals surface area contributed by atoms with Gasteiger partial charge in [-0.15, -0.1) is 0 Å². The summed E-state index contributed by atoms with van der Waals surface area (Å²) in [6, 6.07) is 7.82. The maximum Gasteiger partial charge on any atom is 0.0916 e. The van der Waals surface area contributed by atoms with Gasteiger partial charge in [-0.2, -0.15) is 0 Å². The summed E-state index contributed by atoms with van der Waals surface area (Å²) in [6.07, 6.45) is 0.721. The van der Waals surface area contributed by atoms with Crippen molar-refractivity contribution >= 4 is 15.9 Å². The van der Waals surface area contributed by atoms with Crippen molar-refractivity contribution in [3.63, 3.8) is 0 Å². The van der Waals surface area contributed by atoms with E-state index in [0.717, 1.165) is 23.0 Å². The summed E-state index contributed by atoms with van der Waals surface area (Å²) in [5, 5.41) is 9.95. The van der Waals surface area contributed by atoms with E-state index in [4.69, 9.17) is 0 Å².